The summed E-state index contributed by atoms with van der Waals surface area (Å²) in [5.41, 5.74) is 0.807. The fourth-order valence-corrected chi connectivity index (χ4v) is 5.16. The Kier molecular flexibility index (Phi) is 5.04. The molecule has 1 saturated heterocycles. The third kappa shape index (κ3) is 3.39. The number of hydrogen-bond donors (Lipinski definition) is 1. The predicted molar refractivity (Wildman–Crippen MR) is 86.0 cm³/mol. The standard InChI is InChI=1S/C18H34N2/c1-19-13-6-16-7-14-20(15-8-16)17-4-11-18(12-5-17)9-2-3-10-18/h16-17,19H,2-15H2,1H3. The first-order chi connectivity index (χ1) is 9.81. The number of rotatable bonds is 4. The van der Waals surface area contributed by atoms with Gasteiger partial charge in [-0.1, -0.05) is 12.8 Å². The van der Waals surface area contributed by atoms with E-state index in [2.05, 4.69) is 17.3 Å². The van der Waals surface area contributed by atoms with Crippen molar-refractivity contribution in [3.8, 4) is 0 Å². The molecule has 3 aliphatic rings. The van der Waals surface area contributed by atoms with Gasteiger partial charge in [0.15, 0.2) is 0 Å². The van der Waals surface area contributed by atoms with Crippen molar-refractivity contribution < 1.29 is 0 Å². The number of nitrogens with zero attached hydrogens (tertiary/aromatic N) is 1. The van der Waals surface area contributed by atoms with Crippen LogP contribution in [0.3, 0.4) is 0 Å². The molecular formula is C18H34N2. The Morgan fingerprint density at radius 1 is 0.950 bits per heavy atom. The van der Waals surface area contributed by atoms with E-state index in [1.807, 2.05) is 0 Å². The topological polar surface area (TPSA) is 15.3 Å². The molecule has 0 bridgehead atoms. The van der Waals surface area contributed by atoms with Crippen molar-refractivity contribution in [1.29, 1.82) is 0 Å². The van der Waals surface area contributed by atoms with E-state index in [-0.39, 0.29) is 0 Å². The summed E-state index contributed by atoms with van der Waals surface area (Å²) < 4.78 is 0. The van der Waals surface area contributed by atoms with E-state index >= 15 is 0 Å². The van der Waals surface area contributed by atoms with Crippen LogP contribution in [0.5, 0.6) is 0 Å². The molecule has 20 heavy (non-hydrogen) atoms. The fraction of sp³-hybridized carbons (Fsp3) is 1.00. The zero-order chi connectivity index (χ0) is 13.8. The number of hydrogen-bond acceptors (Lipinski definition) is 2. The van der Waals surface area contributed by atoms with Crippen LogP contribution in [-0.4, -0.2) is 37.6 Å². The van der Waals surface area contributed by atoms with E-state index in [0.717, 1.165) is 17.4 Å². The van der Waals surface area contributed by atoms with Gasteiger partial charge >= 0.3 is 0 Å². The van der Waals surface area contributed by atoms with Gasteiger partial charge in [-0.2, -0.15) is 0 Å². The summed E-state index contributed by atoms with van der Waals surface area (Å²) in [6, 6.07) is 0.937. The summed E-state index contributed by atoms with van der Waals surface area (Å²) in [5, 5.41) is 3.30. The molecule has 2 aliphatic carbocycles. The van der Waals surface area contributed by atoms with Crippen molar-refractivity contribution in [2.24, 2.45) is 11.3 Å². The Balaban J connectivity index is 1.41. The van der Waals surface area contributed by atoms with E-state index in [0.29, 0.717) is 0 Å². The van der Waals surface area contributed by atoms with E-state index in [1.165, 1.54) is 77.4 Å². The zero-order valence-corrected chi connectivity index (χ0v) is 13.5. The van der Waals surface area contributed by atoms with E-state index in [1.54, 1.807) is 12.8 Å². The van der Waals surface area contributed by atoms with Crippen molar-refractivity contribution >= 4 is 0 Å². The van der Waals surface area contributed by atoms with E-state index < -0.39 is 0 Å². The first kappa shape index (κ1) is 14.8. The van der Waals surface area contributed by atoms with Gasteiger partial charge in [-0.15, -0.1) is 0 Å². The second kappa shape index (κ2) is 6.79. The molecule has 0 aromatic heterocycles. The molecule has 1 heterocycles. The molecule has 2 nitrogen and oxygen atoms in total. The lowest BCUT2D eigenvalue weighted by molar-refractivity contribution is 0.0641. The van der Waals surface area contributed by atoms with Gasteiger partial charge in [-0.05, 0) is 95.8 Å². The van der Waals surface area contributed by atoms with Crippen molar-refractivity contribution in [1.82, 2.24) is 10.2 Å². The Morgan fingerprint density at radius 2 is 1.60 bits per heavy atom. The van der Waals surface area contributed by atoms with Gasteiger partial charge < -0.3 is 10.2 Å². The van der Waals surface area contributed by atoms with Crippen LogP contribution in [0.15, 0.2) is 0 Å². The minimum atomic E-state index is 0.807. The molecule has 3 fully saturated rings. The smallest absolute Gasteiger partial charge is 0.00956 e. The Morgan fingerprint density at radius 3 is 2.20 bits per heavy atom. The van der Waals surface area contributed by atoms with Crippen LogP contribution in [0.4, 0.5) is 0 Å². The molecule has 0 amide bonds. The van der Waals surface area contributed by atoms with Crippen LogP contribution in [0, 0.1) is 11.3 Å². The fourth-order valence-electron chi connectivity index (χ4n) is 5.16. The van der Waals surface area contributed by atoms with Crippen molar-refractivity contribution in [2.75, 3.05) is 26.7 Å². The van der Waals surface area contributed by atoms with Gasteiger partial charge in [0, 0.05) is 6.04 Å². The number of nitrogens with one attached hydrogen (secondary N) is 1. The van der Waals surface area contributed by atoms with Crippen LogP contribution in [0.1, 0.15) is 70.6 Å². The van der Waals surface area contributed by atoms with Crippen LogP contribution < -0.4 is 5.32 Å². The van der Waals surface area contributed by atoms with Crippen LogP contribution in [0.2, 0.25) is 0 Å². The third-order valence-electron chi connectivity index (χ3n) is 6.65. The maximum Gasteiger partial charge on any atom is 0.00956 e. The lowest BCUT2D eigenvalue weighted by Crippen LogP contribution is -2.44. The summed E-state index contributed by atoms with van der Waals surface area (Å²) in [6.45, 7) is 3.97. The largest absolute Gasteiger partial charge is 0.320 e. The summed E-state index contributed by atoms with van der Waals surface area (Å²) in [5.74, 6) is 0.989. The van der Waals surface area contributed by atoms with Gasteiger partial charge in [0.05, 0.1) is 0 Å². The third-order valence-corrected chi connectivity index (χ3v) is 6.65. The van der Waals surface area contributed by atoms with Crippen LogP contribution in [-0.2, 0) is 0 Å². The Bertz CT molecular complexity index is 278. The van der Waals surface area contributed by atoms with Crippen molar-refractivity contribution in [2.45, 2.75) is 76.7 Å². The lowest BCUT2D eigenvalue weighted by atomic mass is 9.71. The van der Waals surface area contributed by atoms with E-state index in [4.69, 9.17) is 0 Å². The summed E-state index contributed by atoms with van der Waals surface area (Å²) >= 11 is 0. The van der Waals surface area contributed by atoms with Gasteiger partial charge in [-0.25, -0.2) is 0 Å². The average molecular weight is 278 g/mol. The monoisotopic (exact) mass is 278 g/mol. The normalized spacial score (nSPS) is 29.2. The molecule has 0 aromatic rings. The zero-order valence-electron chi connectivity index (χ0n) is 13.5. The molecule has 1 spiro atoms. The van der Waals surface area contributed by atoms with Gasteiger partial charge in [-0.3, -0.25) is 0 Å². The van der Waals surface area contributed by atoms with Gasteiger partial charge in [0.2, 0.25) is 0 Å². The molecule has 1 N–H and O–H groups in total. The molecule has 3 rings (SSSR count). The second-order valence-corrected chi connectivity index (χ2v) is 7.81. The summed E-state index contributed by atoms with van der Waals surface area (Å²) in [7, 11) is 2.08. The maximum atomic E-state index is 3.30. The molecule has 0 aromatic carbocycles. The Hall–Kier alpha value is -0.0800. The SMILES string of the molecule is CNCCC1CCN(C2CCC3(CCCC3)CC2)CC1. The highest BCUT2D eigenvalue weighted by Gasteiger charge is 2.39. The van der Waals surface area contributed by atoms with Crippen LogP contribution >= 0.6 is 0 Å². The number of piperidine rings is 1. The van der Waals surface area contributed by atoms with Gasteiger partial charge in [0.1, 0.15) is 0 Å². The summed E-state index contributed by atoms with van der Waals surface area (Å²) in [6.07, 6.45) is 16.5. The molecule has 0 unspecified atom stereocenters. The maximum absolute atomic E-state index is 3.30. The van der Waals surface area contributed by atoms with Crippen molar-refractivity contribution in [3.63, 3.8) is 0 Å². The lowest BCUT2D eigenvalue weighted by Gasteiger charge is -2.44. The first-order valence-electron chi connectivity index (χ1n) is 9.20. The minimum Gasteiger partial charge on any atom is -0.320 e. The van der Waals surface area contributed by atoms with Crippen LogP contribution in [0.25, 0.3) is 0 Å². The predicted octanol–water partition coefficient (Wildman–Crippen LogP) is 3.81. The quantitative estimate of drug-likeness (QED) is 0.841. The Labute approximate surface area is 125 Å². The average Bonchev–Trinajstić information content (AvgIpc) is 2.95. The highest BCUT2D eigenvalue weighted by molar-refractivity contribution is 4.92. The second-order valence-electron chi connectivity index (χ2n) is 7.81. The number of likely N-dealkylation sites (tertiary alicyclic amines) is 1. The molecule has 2 saturated carbocycles. The van der Waals surface area contributed by atoms with Gasteiger partial charge in [0.25, 0.3) is 0 Å². The molecular weight excluding hydrogens is 244 g/mol. The molecule has 116 valence electrons. The highest BCUT2D eigenvalue weighted by Crippen LogP contribution is 2.49. The highest BCUT2D eigenvalue weighted by atomic mass is 15.2. The summed E-state index contributed by atoms with van der Waals surface area (Å²) in [4.78, 5) is 2.84. The molecule has 0 atom stereocenters. The molecule has 2 heteroatoms. The first-order valence-corrected chi connectivity index (χ1v) is 9.20. The molecule has 0 radical (unpaired) electrons. The molecule has 1 aliphatic heterocycles. The van der Waals surface area contributed by atoms with Crippen molar-refractivity contribution in [3.05, 3.63) is 0 Å². The van der Waals surface area contributed by atoms with E-state index in [9.17, 15) is 0 Å². The minimum absolute atomic E-state index is 0.807.